The van der Waals surface area contributed by atoms with Crippen LogP contribution in [0.25, 0.3) is 0 Å². The van der Waals surface area contributed by atoms with E-state index in [1.807, 2.05) is 0 Å². The van der Waals surface area contributed by atoms with Gasteiger partial charge in [0.2, 0.25) is 0 Å². The van der Waals surface area contributed by atoms with Gasteiger partial charge in [0.1, 0.15) is 0 Å². The van der Waals surface area contributed by atoms with E-state index in [9.17, 15) is 0 Å². The summed E-state index contributed by atoms with van der Waals surface area (Å²) in [5, 5.41) is 5.64. The third-order valence-electron chi connectivity index (χ3n) is 3.94. The van der Waals surface area contributed by atoms with E-state index in [0.29, 0.717) is 5.41 Å². The Labute approximate surface area is 102 Å². The number of rotatable bonds is 6. The van der Waals surface area contributed by atoms with Gasteiger partial charge in [0.15, 0.2) is 0 Å². The molecule has 1 unspecified atom stereocenters. The maximum Gasteiger partial charge on any atom is 0.0516 e. The minimum atomic E-state index is 0.161. The van der Waals surface area contributed by atoms with E-state index < -0.39 is 0 Å². The minimum Gasteiger partial charge on any atom is -0.322 e. The van der Waals surface area contributed by atoms with Gasteiger partial charge in [-0.1, -0.05) is 19.4 Å². The van der Waals surface area contributed by atoms with Crippen LogP contribution in [0.4, 0.5) is 0 Å². The van der Waals surface area contributed by atoms with Crippen molar-refractivity contribution in [2.75, 3.05) is 13.1 Å². The van der Waals surface area contributed by atoms with Crippen LogP contribution in [0, 0.1) is 5.41 Å². The van der Waals surface area contributed by atoms with Crippen LogP contribution in [0.5, 0.6) is 0 Å². The molecule has 0 amide bonds. The molecule has 1 heterocycles. The molecule has 1 atom stereocenters. The summed E-state index contributed by atoms with van der Waals surface area (Å²) in [6.07, 6.45) is 5.50. The van der Waals surface area contributed by atoms with Crippen LogP contribution in [0.1, 0.15) is 43.5 Å². The van der Waals surface area contributed by atoms with Crippen molar-refractivity contribution in [3.05, 3.63) is 22.4 Å². The topological polar surface area (TPSA) is 38.0 Å². The monoisotopic (exact) mass is 238 g/mol. The predicted octanol–water partition coefficient (Wildman–Crippen LogP) is 2.92. The summed E-state index contributed by atoms with van der Waals surface area (Å²) in [4.78, 5) is 1.28. The molecule has 3 heteroatoms. The van der Waals surface area contributed by atoms with E-state index in [1.54, 1.807) is 11.3 Å². The molecular formula is C13H22N2S. The Morgan fingerprint density at radius 3 is 2.88 bits per heavy atom. The number of nitrogens with two attached hydrogens (primary N) is 1. The predicted molar refractivity (Wildman–Crippen MR) is 70.7 cm³/mol. The first-order valence-electron chi connectivity index (χ1n) is 6.25. The van der Waals surface area contributed by atoms with E-state index in [1.165, 1.54) is 30.6 Å². The summed E-state index contributed by atoms with van der Waals surface area (Å²) in [5.41, 5.74) is 6.71. The van der Waals surface area contributed by atoms with Gasteiger partial charge < -0.3 is 11.1 Å². The van der Waals surface area contributed by atoms with Crippen molar-refractivity contribution in [3.8, 4) is 0 Å². The lowest BCUT2D eigenvalue weighted by Gasteiger charge is -2.41. The third-order valence-corrected chi connectivity index (χ3v) is 4.94. The Balaban J connectivity index is 1.72. The minimum absolute atomic E-state index is 0.161. The Bertz CT molecular complexity index is 298. The molecule has 0 spiro atoms. The maximum absolute atomic E-state index is 6.12. The zero-order valence-electron chi connectivity index (χ0n) is 10.0. The van der Waals surface area contributed by atoms with Crippen LogP contribution < -0.4 is 11.1 Å². The molecule has 0 radical (unpaired) electrons. The first-order valence-corrected chi connectivity index (χ1v) is 7.13. The molecule has 1 aliphatic rings. The second kappa shape index (κ2) is 5.30. The summed E-state index contributed by atoms with van der Waals surface area (Å²) < 4.78 is 0. The van der Waals surface area contributed by atoms with E-state index in [-0.39, 0.29) is 6.04 Å². The molecular weight excluding hydrogens is 216 g/mol. The van der Waals surface area contributed by atoms with Crippen molar-refractivity contribution in [1.29, 1.82) is 0 Å². The number of thiophene rings is 1. The molecule has 1 aromatic rings. The van der Waals surface area contributed by atoms with Crippen molar-refractivity contribution in [2.24, 2.45) is 11.1 Å². The number of hydrogen-bond donors (Lipinski definition) is 2. The van der Waals surface area contributed by atoms with Crippen LogP contribution in [0.2, 0.25) is 0 Å². The molecule has 2 nitrogen and oxygen atoms in total. The van der Waals surface area contributed by atoms with Gasteiger partial charge in [-0.2, -0.15) is 0 Å². The molecule has 0 aliphatic heterocycles. The average Bonchev–Trinajstić information content (AvgIpc) is 2.75. The summed E-state index contributed by atoms with van der Waals surface area (Å²) in [6, 6.07) is 4.35. The largest absolute Gasteiger partial charge is 0.322 e. The normalized spacial score (nSPS) is 20.4. The SMILES string of the molecule is CCC1(CNCC(N)c2cccs2)CCC1. The first kappa shape index (κ1) is 12.1. The van der Waals surface area contributed by atoms with Gasteiger partial charge in [-0.05, 0) is 36.1 Å². The van der Waals surface area contributed by atoms with Gasteiger partial charge in [-0.3, -0.25) is 0 Å². The first-order chi connectivity index (χ1) is 7.76. The quantitative estimate of drug-likeness (QED) is 0.799. The van der Waals surface area contributed by atoms with E-state index in [2.05, 4.69) is 29.8 Å². The zero-order valence-corrected chi connectivity index (χ0v) is 10.9. The molecule has 3 N–H and O–H groups in total. The van der Waals surface area contributed by atoms with Crippen LogP contribution in [-0.2, 0) is 0 Å². The highest BCUT2D eigenvalue weighted by molar-refractivity contribution is 7.10. The van der Waals surface area contributed by atoms with E-state index in [0.717, 1.165) is 13.1 Å². The van der Waals surface area contributed by atoms with Crippen molar-refractivity contribution >= 4 is 11.3 Å². The molecule has 16 heavy (non-hydrogen) atoms. The van der Waals surface area contributed by atoms with Crippen LogP contribution >= 0.6 is 11.3 Å². The molecule has 0 aromatic carbocycles. The standard InChI is InChI=1S/C13H22N2S/c1-2-13(6-4-7-13)10-15-9-11(14)12-5-3-8-16-12/h3,5,8,11,15H,2,4,6-7,9-10,14H2,1H3. The fourth-order valence-corrected chi connectivity index (χ4v) is 3.16. The number of nitrogens with one attached hydrogen (secondary N) is 1. The van der Waals surface area contributed by atoms with Gasteiger partial charge in [0.05, 0.1) is 6.04 Å². The van der Waals surface area contributed by atoms with Gasteiger partial charge >= 0.3 is 0 Å². The van der Waals surface area contributed by atoms with Crippen molar-refractivity contribution in [3.63, 3.8) is 0 Å². The second-order valence-electron chi connectivity index (χ2n) is 4.96. The lowest BCUT2D eigenvalue weighted by molar-refractivity contribution is 0.124. The Morgan fingerprint density at radius 2 is 2.38 bits per heavy atom. The van der Waals surface area contributed by atoms with Gasteiger partial charge in [0.25, 0.3) is 0 Å². The summed E-state index contributed by atoms with van der Waals surface area (Å²) in [6.45, 7) is 4.35. The van der Waals surface area contributed by atoms with Crippen LogP contribution in [0.3, 0.4) is 0 Å². The van der Waals surface area contributed by atoms with Gasteiger partial charge in [-0.25, -0.2) is 0 Å². The summed E-state index contributed by atoms with van der Waals surface area (Å²) >= 11 is 1.75. The zero-order chi connectivity index (χ0) is 11.4. The van der Waals surface area contributed by atoms with E-state index >= 15 is 0 Å². The highest BCUT2D eigenvalue weighted by atomic mass is 32.1. The van der Waals surface area contributed by atoms with Crippen molar-refractivity contribution in [1.82, 2.24) is 5.32 Å². The molecule has 1 aliphatic carbocycles. The van der Waals surface area contributed by atoms with Crippen molar-refractivity contribution in [2.45, 2.75) is 38.6 Å². The van der Waals surface area contributed by atoms with E-state index in [4.69, 9.17) is 5.73 Å². The van der Waals surface area contributed by atoms with Crippen molar-refractivity contribution < 1.29 is 0 Å². The fraction of sp³-hybridized carbons (Fsp3) is 0.692. The highest BCUT2D eigenvalue weighted by Crippen LogP contribution is 2.43. The fourth-order valence-electron chi connectivity index (χ4n) is 2.43. The molecule has 1 saturated carbocycles. The summed E-state index contributed by atoms with van der Waals surface area (Å²) in [5.74, 6) is 0. The van der Waals surface area contributed by atoms with Gasteiger partial charge in [0, 0.05) is 18.0 Å². The lowest BCUT2D eigenvalue weighted by atomic mass is 9.67. The third kappa shape index (κ3) is 2.65. The molecule has 2 rings (SSSR count). The summed E-state index contributed by atoms with van der Waals surface area (Å²) in [7, 11) is 0. The van der Waals surface area contributed by atoms with Crippen LogP contribution in [-0.4, -0.2) is 13.1 Å². The lowest BCUT2D eigenvalue weighted by Crippen LogP contribution is -2.41. The Morgan fingerprint density at radius 1 is 1.56 bits per heavy atom. The molecule has 0 bridgehead atoms. The smallest absolute Gasteiger partial charge is 0.0516 e. The van der Waals surface area contributed by atoms with Crippen LogP contribution in [0.15, 0.2) is 17.5 Å². The molecule has 1 aromatic heterocycles. The Kier molecular flexibility index (Phi) is 4.00. The maximum atomic E-state index is 6.12. The average molecular weight is 238 g/mol. The highest BCUT2D eigenvalue weighted by Gasteiger charge is 2.34. The Hall–Kier alpha value is -0.380. The number of hydrogen-bond acceptors (Lipinski definition) is 3. The molecule has 90 valence electrons. The van der Waals surface area contributed by atoms with Gasteiger partial charge in [-0.15, -0.1) is 11.3 Å². The molecule has 1 fully saturated rings. The second-order valence-corrected chi connectivity index (χ2v) is 5.94. The molecule has 0 saturated heterocycles.